The van der Waals surface area contributed by atoms with E-state index in [1.165, 1.54) is 49.7 Å². The van der Waals surface area contributed by atoms with Crippen molar-refractivity contribution in [1.29, 1.82) is 0 Å². The topological polar surface area (TPSA) is 166 Å². The molecule has 0 atom stereocenters. The summed E-state index contributed by atoms with van der Waals surface area (Å²) in [6, 6.07) is 14.9. The highest BCUT2D eigenvalue weighted by Gasteiger charge is 2.22. The first-order chi connectivity index (χ1) is 15.7. The van der Waals surface area contributed by atoms with E-state index in [0.717, 1.165) is 12.1 Å². The van der Waals surface area contributed by atoms with E-state index in [4.69, 9.17) is 4.74 Å². The highest BCUT2D eigenvalue weighted by Crippen LogP contribution is 2.29. The molecule has 3 aromatic rings. The lowest BCUT2D eigenvalue weighted by Gasteiger charge is -2.12. The monoisotopic (exact) mass is 471 g/mol. The second-order valence-corrected chi connectivity index (χ2v) is 8.14. The fraction of sp³-hybridized carbons (Fsp3) is 0.0500. The number of rotatable bonds is 9. The van der Waals surface area contributed by atoms with Crippen molar-refractivity contribution in [2.45, 2.75) is 4.90 Å². The Bertz CT molecular complexity index is 1320. The maximum atomic E-state index is 13.0. The zero-order valence-electron chi connectivity index (χ0n) is 17.0. The molecule has 170 valence electrons. The first kappa shape index (κ1) is 23.1. The second kappa shape index (κ2) is 9.74. The molecule has 0 spiro atoms. The number of benzene rings is 3. The van der Waals surface area contributed by atoms with Gasteiger partial charge >= 0.3 is 0 Å². The molecule has 3 aromatic carbocycles. The Balaban J connectivity index is 1.91. The van der Waals surface area contributed by atoms with Crippen LogP contribution in [0.1, 0.15) is 5.56 Å². The number of nitro benzene ring substituents is 2. The Hall–Kier alpha value is -4.52. The molecule has 0 radical (unpaired) electrons. The van der Waals surface area contributed by atoms with E-state index in [2.05, 4.69) is 15.2 Å². The Morgan fingerprint density at radius 2 is 1.61 bits per heavy atom. The summed E-state index contributed by atoms with van der Waals surface area (Å²) >= 11 is 0. The fourth-order valence-electron chi connectivity index (χ4n) is 2.70. The Morgan fingerprint density at radius 3 is 2.24 bits per heavy atom. The highest BCUT2D eigenvalue weighted by molar-refractivity contribution is 7.92. The van der Waals surface area contributed by atoms with Gasteiger partial charge in [0.2, 0.25) is 0 Å². The first-order valence-electron chi connectivity index (χ1n) is 9.18. The highest BCUT2D eigenvalue weighted by atomic mass is 32.2. The molecule has 12 nitrogen and oxygen atoms in total. The molecule has 3 rings (SSSR count). The van der Waals surface area contributed by atoms with Crippen molar-refractivity contribution in [2.75, 3.05) is 17.3 Å². The summed E-state index contributed by atoms with van der Waals surface area (Å²) in [5.74, 6) is 0.520. The number of sulfonamides is 1. The lowest BCUT2D eigenvalue weighted by molar-refractivity contribution is -0.385. The molecule has 0 aliphatic carbocycles. The van der Waals surface area contributed by atoms with E-state index >= 15 is 0 Å². The van der Waals surface area contributed by atoms with Crippen LogP contribution in [0.3, 0.4) is 0 Å². The van der Waals surface area contributed by atoms with Crippen molar-refractivity contribution < 1.29 is 23.0 Å². The number of anilines is 2. The summed E-state index contributed by atoms with van der Waals surface area (Å²) in [6.45, 7) is 0. The summed E-state index contributed by atoms with van der Waals surface area (Å²) < 4.78 is 33.3. The van der Waals surface area contributed by atoms with Crippen LogP contribution < -0.4 is 14.9 Å². The van der Waals surface area contributed by atoms with Gasteiger partial charge in [0.15, 0.2) is 0 Å². The largest absolute Gasteiger partial charge is 0.497 e. The number of hydrazone groups is 1. The predicted molar refractivity (Wildman–Crippen MR) is 121 cm³/mol. The average Bonchev–Trinajstić information content (AvgIpc) is 2.79. The van der Waals surface area contributed by atoms with Crippen LogP contribution in [0, 0.1) is 20.2 Å². The molecule has 13 heteroatoms. The molecule has 0 heterocycles. The predicted octanol–water partition coefficient (Wildman–Crippen LogP) is 3.76. The molecule has 0 unspecified atom stereocenters. The van der Waals surface area contributed by atoms with E-state index in [9.17, 15) is 28.6 Å². The van der Waals surface area contributed by atoms with Crippen LogP contribution in [0.4, 0.5) is 22.7 Å². The normalized spacial score (nSPS) is 11.2. The molecule has 0 aliphatic rings. The minimum atomic E-state index is -4.25. The number of hydrogen-bond acceptors (Lipinski definition) is 9. The summed E-state index contributed by atoms with van der Waals surface area (Å²) in [5, 5.41) is 26.0. The molecular formula is C20H17N5O7S. The Kier molecular flexibility index (Phi) is 6.83. The third-order valence-electron chi connectivity index (χ3n) is 4.29. The van der Waals surface area contributed by atoms with Crippen molar-refractivity contribution in [3.05, 3.63) is 92.5 Å². The number of ether oxygens (including phenoxy) is 1. The average molecular weight is 471 g/mol. The van der Waals surface area contributed by atoms with Gasteiger partial charge in [-0.05, 0) is 30.3 Å². The summed E-state index contributed by atoms with van der Waals surface area (Å²) in [4.78, 5) is 20.4. The van der Waals surface area contributed by atoms with Crippen LogP contribution in [-0.2, 0) is 10.0 Å². The van der Waals surface area contributed by atoms with Gasteiger partial charge in [-0.15, -0.1) is 0 Å². The minimum Gasteiger partial charge on any atom is -0.497 e. The number of nitro groups is 2. The van der Waals surface area contributed by atoms with E-state index in [1.807, 2.05) is 0 Å². The van der Waals surface area contributed by atoms with Gasteiger partial charge in [-0.2, -0.15) is 5.10 Å². The zero-order valence-corrected chi connectivity index (χ0v) is 17.9. The lowest BCUT2D eigenvalue weighted by atomic mass is 10.2. The van der Waals surface area contributed by atoms with E-state index in [-0.39, 0.29) is 17.1 Å². The van der Waals surface area contributed by atoms with E-state index < -0.39 is 30.5 Å². The number of methoxy groups -OCH3 is 1. The Morgan fingerprint density at radius 1 is 0.939 bits per heavy atom. The van der Waals surface area contributed by atoms with Crippen LogP contribution in [0.2, 0.25) is 0 Å². The van der Waals surface area contributed by atoms with Crippen molar-refractivity contribution >= 4 is 39.0 Å². The number of nitrogens with one attached hydrogen (secondary N) is 2. The smallest absolute Gasteiger partial charge is 0.270 e. The van der Waals surface area contributed by atoms with Crippen molar-refractivity contribution in [3.8, 4) is 5.75 Å². The number of nitrogens with zero attached hydrogens (tertiary/aromatic N) is 3. The van der Waals surface area contributed by atoms with Crippen LogP contribution in [0.15, 0.2) is 76.7 Å². The molecule has 0 fully saturated rings. The number of hydrogen-bond donors (Lipinski definition) is 2. The van der Waals surface area contributed by atoms with Gasteiger partial charge in [0, 0.05) is 35.5 Å². The summed E-state index contributed by atoms with van der Waals surface area (Å²) in [6.07, 6.45) is 1.25. The standard InChI is InChI=1S/C20H17N5O7S/c1-32-18-8-5-15(6-9-18)23-33(30,31)20-12-17(25(28)29)7-10-19(20)22-21-13-14-3-2-4-16(11-14)24(26)27/h2-13,22-23H,1H3/b21-13-. The van der Waals surface area contributed by atoms with Crippen LogP contribution in [0.5, 0.6) is 5.75 Å². The first-order valence-corrected chi connectivity index (χ1v) is 10.7. The van der Waals surface area contributed by atoms with Crippen LogP contribution in [-0.4, -0.2) is 31.6 Å². The maximum Gasteiger partial charge on any atom is 0.270 e. The molecular weight excluding hydrogens is 454 g/mol. The second-order valence-electron chi connectivity index (χ2n) is 6.49. The van der Waals surface area contributed by atoms with Crippen LogP contribution >= 0.6 is 0 Å². The van der Waals surface area contributed by atoms with Crippen molar-refractivity contribution in [2.24, 2.45) is 5.10 Å². The quantitative estimate of drug-likeness (QED) is 0.270. The molecule has 0 aromatic heterocycles. The van der Waals surface area contributed by atoms with E-state index in [0.29, 0.717) is 11.3 Å². The number of non-ortho nitro benzene ring substituents is 2. The van der Waals surface area contributed by atoms with Gasteiger partial charge in [0.1, 0.15) is 10.6 Å². The van der Waals surface area contributed by atoms with E-state index in [1.54, 1.807) is 18.2 Å². The van der Waals surface area contributed by atoms with Gasteiger partial charge < -0.3 is 4.74 Å². The van der Waals surface area contributed by atoms with Gasteiger partial charge in [0.25, 0.3) is 21.4 Å². The van der Waals surface area contributed by atoms with Gasteiger partial charge in [0.05, 0.1) is 28.9 Å². The molecule has 2 N–H and O–H groups in total. The van der Waals surface area contributed by atoms with Gasteiger partial charge in [-0.3, -0.25) is 30.4 Å². The Labute approximate surface area is 187 Å². The molecule has 0 bridgehead atoms. The molecule has 33 heavy (non-hydrogen) atoms. The minimum absolute atomic E-state index is 0.0386. The summed E-state index contributed by atoms with van der Waals surface area (Å²) in [5.41, 5.74) is 2.52. The third kappa shape index (κ3) is 5.80. The molecule has 0 amide bonds. The van der Waals surface area contributed by atoms with Gasteiger partial charge in [-0.1, -0.05) is 12.1 Å². The lowest BCUT2D eigenvalue weighted by Crippen LogP contribution is -2.15. The van der Waals surface area contributed by atoms with Gasteiger partial charge in [-0.25, -0.2) is 8.42 Å². The van der Waals surface area contributed by atoms with Crippen molar-refractivity contribution in [1.82, 2.24) is 0 Å². The SMILES string of the molecule is COc1ccc(NS(=O)(=O)c2cc([N+](=O)[O-])ccc2N/N=C\c2cccc([N+](=O)[O-])c2)cc1. The van der Waals surface area contributed by atoms with Crippen molar-refractivity contribution in [3.63, 3.8) is 0 Å². The summed E-state index contributed by atoms with van der Waals surface area (Å²) in [7, 11) is -2.79. The molecule has 0 saturated carbocycles. The molecule has 0 saturated heterocycles. The molecule has 0 aliphatic heterocycles. The third-order valence-corrected chi connectivity index (χ3v) is 5.71. The van der Waals surface area contributed by atoms with Crippen LogP contribution in [0.25, 0.3) is 0 Å². The zero-order chi connectivity index (χ0) is 24.0. The fourth-order valence-corrected chi connectivity index (χ4v) is 3.94. The maximum absolute atomic E-state index is 13.0.